The molecule has 0 aliphatic heterocycles. The molecule has 66 valence electrons. The van der Waals surface area contributed by atoms with Crippen LogP contribution < -0.4 is 5.73 Å². The molecular weight excluding hydrogens is 174 g/mol. The van der Waals surface area contributed by atoms with Gasteiger partial charge in [0.1, 0.15) is 0 Å². The lowest BCUT2D eigenvalue weighted by Crippen LogP contribution is -2.38. The van der Waals surface area contributed by atoms with E-state index in [-0.39, 0.29) is 0 Å². The third-order valence-electron chi connectivity index (χ3n) is 1.78. The van der Waals surface area contributed by atoms with Crippen LogP contribution in [-0.4, -0.2) is 11.1 Å². The normalized spacial score (nSPS) is 18.3. The van der Waals surface area contributed by atoms with Crippen LogP contribution in [0.15, 0.2) is 30.3 Å². The summed E-state index contributed by atoms with van der Waals surface area (Å²) in [4.78, 5) is 0. The van der Waals surface area contributed by atoms with E-state index in [2.05, 4.69) is 0 Å². The summed E-state index contributed by atoms with van der Waals surface area (Å²) in [5.41, 5.74) is 6.15. The van der Waals surface area contributed by atoms with Gasteiger partial charge in [-0.25, -0.2) is 0 Å². The fourth-order valence-corrected chi connectivity index (χ4v) is 1.06. The maximum atomic E-state index is 9.70. The van der Waals surface area contributed by atoms with Gasteiger partial charge in [-0.2, -0.15) is 0 Å². The Hall–Kier alpha value is -0.570. The summed E-state index contributed by atoms with van der Waals surface area (Å²) in [5, 5.41) is 8.25. The second-order valence-corrected chi connectivity index (χ2v) is 3.40. The second kappa shape index (κ2) is 3.44. The van der Waals surface area contributed by atoms with Crippen LogP contribution in [0.2, 0.25) is 0 Å². The van der Waals surface area contributed by atoms with E-state index >= 15 is 0 Å². The summed E-state index contributed by atoms with van der Waals surface area (Å²) < 4.78 is 0. The molecule has 2 nitrogen and oxygen atoms in total. The molecule has 0 saturated heterocycles. The highest BCUT2D eigenvalue weighted by atomic mass is 35.5. The zero-order chi connectivity index (χ0) is 9.19. The molecule has 1 aromatic rings. The Morgan fingerprint density at radius 3 is 2.33 bits per heavy atom. The van der Waals surface area contributed by atoms with E-state index in [0.29, 0.717) is 5.56 Å². The van der Waals surface area contributed by atoms with Crippen molar-refractivity contribution >= 4 is 11.6 Å². The molecule has 3 heteroatoms. The minimum Gasteiger partial charge on any atom is -0.370 e. The van der Waals surface area contributed by atoms with Crippen LogP contribution in [0.3, 0.4) is 0 Å². The highest BCUT2D eigenvalue weighted by molar-refractivity contribution is 6.23. The molecule has 0 fully saturated rings. The van der Waals surface area contributed by atoms with Crippen LogP contribution in [0, 0.1) is 0 Å². The molecule has 0 aromatic heterocycles. The average Bonchev–Trinajstić information content (AvgIpc) is 2.06. The summed E-state index contributed by atoms with van der Waals surface area (Å²) in [7, 11) is 0. The SMILES string of the molecule is C[C@@H](N)[C@@](O)(Cl)c1ccccc1. The summed E-state index contributed by atoms with van der Waals surface area (Å²) >= 11 is 5.83. The summed E-state index contributed by atoms with van der Waals surface area (Å²) in [6.07, 6.45) is 0. The van der Waals surface area contributed by atoms with E-state index in [1.54, 1.807) is 19.1 Å². The minimum atomic E-state index is -1.46. The van der Waals surface area contributed by atoms with Crippen molar-refractivity contribution in [1.82, 2.24) is 0 Å². The van der Waals surface area contributed by atoms with Crippen LogP contribution >= 0.6 is 11.6 Å². The van der Waals surface area contributed by atoms with Gasteiger partial charge >= 0.3 is 0 Å². The van der Waals surface area contributed by atoms with Gasteiger partial charge in [0.15, 0.2) is 5.06 Å². The first-order chi connectivity index (χ1) is 5.55. The molecule has 0 unspecified atom stereocenters. The van der Waals surface area contributed by atoms with Crippen molar-refractivity contribution in [3.05, 3.63) is 35.9 Å². The van der Waals surface area contributed by atoms with Gasteiger partial charge < -0.3 is 10.8 Å². The fourth-order valence-electron chi connectivity index (χ4n) is 0.935. The maximum Gasteiger partial charge on any atom is 0.179 e. The zero-order valence-electron chi connectivity index (χ0n) is 6.87. The van der Waals surface area contributed by atoms with Crippen molar-refractivity contribution in [2.24, 2.45) is 5.73 Å². The first-order valence-corrected chi connectivity index (χ1v) is 4.15. The molecular formula is C9H12ClNO. The Kier molecular flexibility index (Phi) is 2.73. The molecule has 3 N–H and O–H groups in total. The van der Waals surface area contributed by atoms with E-state index in [9.17, 15) is 5.11 Å². The molecule has 2 atom stereocenters. The van der Waals surface area contributed by atoms with Gasteiger partial charge in [0.25, 0.3) is 0 Å². The molecule has 12 heavy (non-hydrogen) atoms. The van der Waals surface area contributed by atoms with Gasteiger partial charge in [-0.05, 0) is 6.92 Å². The largest absolute Gasteiger partial charge is 0.370 e. The molecule has 1 aromatic carbocycles. The first-order valence-electron chi connectivity index (χ1n) is 3.77. The molecule has 0 bridgehead atoms. The van der Waals surface area contributed by atoms with Gasteiger partial charge in [0.05, 0.1) is 0 Å². The van der Waals surface area contributed by atoms with Crippen LogP contribution in [0.25, 0.3) is 0 Å². The maximum absolute atomic E-state index is 9.70. The van der Waals surface area contributed by atoms with Gasteiger partial charge in [-0.1, -0.05) is 41.9 Å². The van der Waals surface area contributed by atoms with Crippen molar-refractivity contribution in [2.45, 2.75) is 18.0 Å². The standard InChI is InChI=1S/C9H12ClNO/c1-7(11)9(10,12)8-5-3-2-4-6-8/h2-7,12H,11H2,1H3/t7-,9+/m1/s1. The van der Waals surface area contributed by atoms with E-state index in [0.717, 1.165) is 0 Å². The van der Waals surface area contributed by atoms with Crippen molar-refractivity contribution < 1.29 is 5.11 Å². The second-order valence-electron chi connectivity index (χ2n) is 2.83. The number of nitrogens with two attached hydrogens (primary N) is 1. The lowest BCUT2D eigenvalue weighted by atomic mass is 10.0. The first kappa shape index (κ1) is 9.52. The van der Waals surface area contributed by atoms with Gasteiger partial charge in [-0.3, -0.25) is 0 Å². The quantitative estimate of drug-likeness (QED) is 0.685. The Morgan fingerprint density at radius 2 is 1.92 bits per heavy atom. The molecule has 0 amide bonds. The zero-order valence-corrected chi connectivity index (χ0v) is 7.62. The van der Waals surface area contributed by atoms with Crippen molar-refractivity contribution in [3.8, 4) is 0 Å². The highest BCUT2D eigenvalue weighted by Crippen LogP contribution is 2.27. The Morgan fingerprint density at radius 1 is 1.42 bits per heavy atom. The molecule has 0 saturated carbocycles. The van der Waals surface area contributed by atoms with Crippen LogP contribution in [-0.2, 0) is 5.06 Å². The highest BCUT2D eigenvalue weighted by Gasteiger charge is 2.30. The lowest BCUT2D eigenvalue weighted by Gasteiger charge is -2.24. The number of hydrogen-bond acceptors (Lipinski definition) is 2. The third kappa shape index (κ3) is 1.78. The molecule has 0 aliphatic rings. The number of alkyl halides is 1. The van der Waals surface area contributed by atoms with Crippen LogP contribution in [0.1, 0.15) is 12.5 Å². The topological polar surface area (TPSA) is 46.2 Å². The molecule has 0 aliphatic carbocycles. The molecule has 0 heterocycles. The number of hydrogen-bond donors (Lipinski definition) is 2. The average molecular weight is 186 g/mol. The summed E-state index contributed by atoms with van der Waals surface area (Å²) in [6, 6.07) is 8.47. The minimum absolute atomic E-state index is 0.499. The lowest BCUT2D eigenvalue weighted by molar-refractivity contribution is 0.104. The number of aliphatic hydroxyl groups is 1. The Balaban J connectivity index is 2.98. The Labute approximate surface area is 77.0 Å². The monoisotopic (exact) mass is 185 g/mol. The van der Waals surface area contributed by atoms with E-state index < -0.39 is 11.1 Å². The summed E-state index contributed by atoms with van der Waals surface area (Å²) in [5.74, 6) is 0. The van der Waals surface area contributed by atoms with Gasteiger partial charge in [0.2, 0.25) is 0 Å². The molecule has 0 spiro atoms. The van der Waals surface area contributed by atoms with Crippen molar-refractivity contribution in [1.29, 1.82) is 0 Å². The Bertz CT molecular complexity index is 246. The number of benzene rings is 1. The number of rotatable bonds is 2. The van der Waals surface area contributed by atoms with E-state index in [1.165, 1.54) is 0 Å². The van der Waals surface area contributed by atoms with Gasteiger partial charge in [-0.15, -0.1) is 0 Å². The van der Waals surface area contributed by atoms with Crippen molar-refractivity contribution in [3.63, 3.8) is 0 Å². The smallest absolute Gasteiger partial charge is 0.179 e. The van der Waals surface area contributed by atoms with Crippen LogP contribution in [0.4, 0.5) is 0 Å². The number of halogens is 1. The third-order valence-corrected chi connectivity index (χ3v) is 2.34. The van der Waals surface area contributed by atoms with E-state index in [4.69, 9.17) is 17.3 Å². The summed E-state index contributed by atoms with van der Waals surface area (Å²) in [6.45, 7) is 1.67. The fraction of sp³-hybridized carbons (Fsp3) is 0.333. The van der Waals surface area contributed by atoms with Crippen LogP contribution in [0.5, 0.6) is 0 Å². The van der Waals surface area contributed by atoms with Crippen molar-refractivity contribution in [2.75, 3.05) is 0 Å². The molecule has 0 radical (unpaired) electrons. The van der Waals surface area contributed by atoms with E-state index in [1.807, 2.05) is 18.2 Å². The predicted molar refractivity (Wildman–Crippen MR) is 49.8 cm³/mol. The predicted octanol–water partition coefficient (Wildman–Crippen LogP) is 1.42. The molecule has 1 rings (SSSR count). The van der Waals surface area contributed by atoms with Gasteiger partial charge in [0, 0.05) is 11.6 Å².